The Balaban J connectivity index is 2.02. The fourth-order valence-electron chi connectivity index (χ4n) is 2.61. The summed E-state index contributed by atoms with van der Waals surface area (Å²) >= 11 is 0. The lowest BCUT2D eigenvalue weighted by Crippen LogP contribution is -2.20. The van der Waals surface area contributed by atoms with Crippen LogP contribution in [0, 0.1) is 11.8 Å². The van der Waals surface area contributed by atoms with E-state index in [9.17, 15) is 0 Å². The Bertz CT molecular complexity index is 176. The number of hydrogen-bond acceptors (Lipinski definition) is 2. The second-order valence-corrected chi connectivity index (χ2v) is 3.86. The van der Waals surface area contributed by atoms with Crippen LogP contribution in [0.25, 0.3) is 0 Å². The summed E-state index contributed by atoms with van der Waals surface area (Å²) < 4.78 is 0. The Morgan fingerprint density at radius 1 is 1.18 bits per heavy atom. The molecule has 2 aliphatic carbocycles. The normalized spacial score (nSPS) is 40.9. The van der Waals surface area contributed by atoms with Crippen molar-refractivity contribution >= 4 is 5.71 Å². The molecule has 0 amide bonds. The van der Waals surface area contributed by atoms with E-state index in [1.165, 1.54) is 25.7 Å². The first-order valence-corrected chi connectivity index (χ1v) is 4.60. The monoisotopic (exact) mass is 153 g/mol. The van der Waals surface area contributed by atoms with Crippen molar-refractivity contribution in [3.8, 4) is 0 Å². The van der Waals surface area contributed by atoms with Crippen LogP contribution in [-0.2, 0) is 0 Å². The Hall–Kier alpha value is -0.530. The van der Waals surface area contributed by atoms with E-state index in [0.29, 0.717) is 0 Å². The van der Waals surface area contributed by atoms with Crippen molar-refractivity contribution in [2.75, 3.05) is 0 Å². The number of hydrogen-bond donors (Lipinski definition) is 1. The highest BCUT2D eigenvalue weighted by Crippen LogP contribution is 2.40. The molecule has 2 saturated carbocycles. The highest BCUT2D eigenvalue weighted by molar-refractivity contribution is 5.84. The molecule has 2 aliphatic rings. The molecule has 0 spiro atoms. The van der Waals surface area contributed by atoms with Gasteiger partial charge in [0.2, 0.25) is 0 Å². The summed E-state index contributed by atoms with van der Waals surface area (Å²) in [5, 5.41) is 11.9. The second kappa shape index (κ2) is 2.84. The summed E-state index contributed by atoms with van der Waals surface area (Å²) in [5.41, 5.74) is 1.04. The molecular weight excluding hydrogens is 138 g/mol. The molecule has 62 valence electrons. The first kappa shape index (κ1) is 7.14. The van der Waals surface area contributed by atoms with E-state index in [0.717, 1.165) is 30.4 Å². The van der Waals surface area contributed by atoms with Crippen LogP contribution in [-0.4, -0.2) is 10.9 Å². The molecule has 2 fully saturated rings. The Kier molecular flexibility index (Phi) is 1.84. The van der Waals surface area contributed by atoms with Crippen LogP contribution in [0.4, 0.5) is 0 Å². The van der Waals surface area contributed by atoms with Crippen LogP contribution in [0.1, 0.15) is 38.5 Å². The predicted molar refractivity (Wildman–Crippen MR) is 43.9 cm³/mol. The van der Waals surface area contributed by atoms with Gasteiger partial charge in [0.05, 0.1) is 5.71 Å². The fraction of sp³-hybridized carbons (Fsp3) is 0.889. The van der Waals surface area contributed by atoms with Gasteiger partial charge in [-0.25, -0.2) is 0 Å². The first-order valence-electron chi connectivity index (χ1n) is 4.60. The van der Waals surface area contributed by atoms with E-state index in [-0.39, 0.29) is 0 Å². The molecule has 0 radical (unpaired) electrons. The van der Waals surface area contributed by atoms with Gasteiger partial charge in [-0.3, -0.25) is 0 Å². The van der Waals surface area contributed by atoms with E-state index < -0.39 is 0 Å². The van der Waals surface area contributed by atoms with E-state index in [1.807, 2.05) is 0 Å². The standard InChI is InChI=1S/C9H15NO/c11-10-9-5-4-7-2-1-3-8(7)6-9/h7-8,11H,1-6H2/b10-9-/t7-,8+/m1/s1. The zero-order valence-corrected chi connectivity index (χ0v) is 6.79. The number of nitrogens with zero attached hydrogens (tertiary/aromatic N) is 1. The van der Waals surface area contributed by atoms with Gasteiger partial charge in [-0.15, -0.1) is 0 Å². The highest BCUT2D eigenvalue weighted by atomic mass is 16.4. The minimum Gasteiger partial charge on any atom is -0.411 e. The Morgan fingerprint density at radius 2 is 2.00 bits per heavy atom. The van der Waals surface area contributed by atoms with Crippen molar-refractivity contribution in [3.63, 3.8) is 0 Å². The maximum atomic E-state index is 8.60. The van der Waals surface area contributed by atoms with Gasteiger partial charge >= 0.3 is 0 Å². The molecule has 0 aromatic heterocycles. The molecule has 0 aromatic carbocycles. The van der Waals surface area contributed by atoms with E-state index in [4.69, 9.17) is 5.21 Å². The summed E-state index contributed by atoms with van der Waals surface area (Å²) in [6, 6.07) is 0. The van der Waals surface area contributed by atoms with Crippen molar-refractivity contribution < 1.29 is 5.21 Å². The molecule has 2 rings (SSSR count). The number of fused-ring (bicyclic) bond motifs is 1. The molecule has 0 heterocycles. The maximum absolute atomic E-state index is 8.60. The van der Waals surface area contributed by atoms with Crippen LogP contribution in [0.2, 0.25) is 0 Å². The third kappa shape index (κ3) is 1.26. The predicted octanol–water partition coefficient (Wildman–Crippen LogP) is 2.42. The van der Waals surface area contributed by atoms with Gasteiger partial charge in [0.1, 0.15) is 0 Å². The minimum absolute atomic E-state index is 0.856. The van der Waals surface area contributed by atoms with E-state index >= 15 is 0 Å². The van der Waals surface area contributed by atoms with Crippen molar-refractivity contribution in [3.05, 3.63) is 0 Å². The third-order valence-electron chi connectivity index (χ3n) is 3.26. The van der Waals surface area contributed by atoms with Crippen LogP contribution in [0.5, 0.6) is 0 Å². The molecule has 2 nitrogen and oxygen atoms in total. The van der Waals surface area contributed by atoms with Gasteiger partial charge in [0.15, 0.2) is 0 Å². The average molecular weight is 153 g/mol. The summed E-state index contributed by atoms with van der Waals surface area (Å²) in [6.45, 7) is 0. The van der Waals surface area contributed by atoms with Crippen LogP contribution in [0.15, 0.2) is 5.16 Å². The molecule has 0 saturated heterocycles. The van der Waals surface area contributed by atoms with Gasteiger partial charge in [-0.1, -0.05) is 18.0 Å². The number of rotatable bonds is 0. The smallest absolute Gasteiger partial charge is 0.0573 e. The van der Waals surface area contributed by atoms with E-state index in [1.54, 1.807) is 0 Å². The molecular formula is C9H15NO. The summed E-state index contributed by atoms with van der Waals surface area (Å²) in [6.07, 6.45) is 7.56. The molecule has 0 aromatic rings. The molecule has 2 heteroatoms. The molecule has 11 heavy (non-hydrogen) atoms. The van der Waals surface area contributed by atoms with Gasteiger partial charge in [-0.2, -0.15) is 0 Å². The van der Waals surface area contributed by atoms with Crippen molar-refractivity contribution in [1.29, 1.82) is 0 Å². The molecule has 0 unspecified atom stereocenters. The lowest BCUT2D eigenvalue weighted by Gasteiger charge is -2.25. The van der Waals surface area contributed by atoms with Crippen molar-refractivity contribution in [1.82, 2.24) is 0 Å². The number of oxime groups is 1. The largest absolute Gasteiger partial charge is 0.411 e. The van der Waals surface area contributed by atoms with Gasteiger partial charge in [-0.05, 0) is 37.5 Å². The van der Waals surface area contributed by atoms with E-state index in [2.05, 4.69) is 5.16 Å². The third-order valence-corrected chi connectivity index (χ3v) is 3.26. The lowest BCUT2D eigenvalue weighted by atomic mass is 9.81. The maximum Gasteiger partial charge on any atom is 0.0573 e. The van der Waals surface area contributed by atoms with Crippen molar-refractivity contribution in [2.24, 2.45) is 17.0 Å². The average Bonchev–Trinajstić information content (AvgIpc) is 2.50. The first-order chi connectivity index (χ1) is 5.40. The quantitative estimate of drug-likeness (QED) is 0.420. The van der Waals surface area contributed by atoms with Gasteiger partial charge < -0.3 is 5.21 Å². The lowest BCUT2D eigenvalue weighted by molar-refractivity contribution is 0.298. The molecule has 1 N–H and O–H groups in total. The highest BCUT2D eigenvalue weighted by Gasteiger charge is 2.31. The van der Waals surface area contributed by atoms with Crippen LogP contribution < -0.4 is 0 Å². The topological polar surface area (TPSA) is 32.6 Å². The fourth-order valence-corrected chi connectivity index (χ4v) is 2.61. The van der Waals surface area contributed by atoms with Gasteiger partial charge in [0.25, 0.3) is 0 Å². The SMILES string of the molecule is O/N=C1/CC[C@H]2CCC[C@H]2C1. The summed E-state index contributed by atoms with van der Waals surface area (Å²) in [4.78, 5) is 0. The van der Waals surface area contributed by atoms with Crippen molar-refractivity contribution in [2.45, 2.75) is 38.5 Å². The minimum atomic E-state index is 0.856. The zero-order chi connectivity index (χ0) is 7.68. The summed E-state index contributed by atoms with van der Waals surface area (Å²) in [5.74, 6) is 1.81. The van der Waals surface area contributed by atoms with Gasteiger partial charge in [0, 0.05) is 0 Å². The Morgan fingerprint density at radius 3 is 2.82 bits per heavy atom. The van der Waals surface area contributed by atoms with Crippen LogP contribution >= 0.6 is 0 Å². The van der Waals surface area contributed by atoms with Crippen LogP contribution in [0.3, 0.4) is 0 Å². The second-order valence-electron chi connectivity index (χ2n) is 3.86. The molecule has 2 atom stereocenters. The molecule has 0 bridgehead atoms. The zero-order valence-electron chi connectivity index (χ0n) is 6.79. The molecule has 0 aliphatic heterocycles. The summed E-state index contributed by atoms with van der Waals surface area (Å²) in [7, 11) is 0. The Labute approximate surface area is 67.3 Å².